The second-order valence-electron chi connectivity index (χ2n) is 8.34. The molecule has 0 fully saturated rings. The summed E-state index contributed by atoms with van der Waals surface area (Å²) in [6.07, 6.45) is 2.17. The number of unbranched alkanes of at least 4 members (excludes halogenated alkanes) is 1. The largest absolute Gasteiger partial charge is 0.493 e. The van der Waals surface area contributed by atoms with Gasteiger partial charge < -0.3 is 14.6 Å². The number of nitrogens with zero attached hydrogens (tertiary/aromatic N) is 2. The summed E-state index contributed by atoms with van der Waals surface area (Å²) in [5.74, 6) is 1.41. The van der Waals surface area contributed by atoms with Crippen molar-refractivity contribution in [3.05, 3.63) is 81.1 Å². The van der Waals surface area contributed by atoms with Gasteiger partial charge in [0.05, 0.1) is 12.2 Å². The molecule has 4 rings (SSSR count). The zero-order valence-corrected chi connectivity index (χ0v) is 20.1. The van der Waals surface area contributed by atoms with Crippen LogP contribution in [0.15, 0.2) is 58.5 Å². The van der Waals surface area contributed by atoms with Crippen LogP contribution in [-0.2, 0) is 17.6 Å². The number of aryl methyl sites for hydroxylation is 1. The third-order valence-electron chi connectivity index (χ3n) is 5.84. The van der Waals surface area contributed by atoms with Crippen molar-refractivity contribution >= 4 is 23.5 Å². The second-order valence-corrected chi connectivity index (χ2v) is 9.28. The number of amides is 1. The van der Waals surface area contributed by atoms with Crippen LogP contribution in [0, 0.1) is 6.92 Å². The van der Waals surface area contributed by atoms with Gasteiger partial charge in [0.1, 0.15) is 11.6 Å². The van der Waals surface area contributed by atoms with Gasteiger partial charge in [0.25, 0.3) is 5.56 Å². The number of nitrogens with one attached hydrogen (secondary N) is 1. The number of fused-ring (bicyclic) bond motifs is 1. The monoisotopic (exact) mass is 463 g/mol. The summed E-state index contributed by atoms with van der Waals surface area (Å²) < 4.78 is 7.83. The van der Waals surface area contributed by atoms with Crippen LogP contribution >= 0.6 is 11.8 Å². The predicted octanol–water partition coefficient (Wildman–Crippen LogP) is 5.03. The molecule has 1 amide bonds. The Morgan fingerprint density at radius 3 is 2.67 bits per heavy atom. The van der Waals surface area contributed by atoms with Crippen LogP contribution in [0.3, 0.4) is 0 Å². The molecule has 1 atom stereocenters. The number of carbonyl (C=O) groups is 1. The van der Waals surface area contributed by atoms with E-state index in [1.807, 2.05) is 35.9 Å². The zero-order valence-electron chi connectivity index (χ0n) is 19.3. The standard InChI is InChI=1S/C26H29N3O3S/c1-4-5-14-32-21-9-7-6-8-19(21)20-15-22(30)27-24-23(20)25(31)28-26(29(24)3)33-16-18-12-10-17(2)11-13-18/h6-13,20H,4-5,14-16H2,1-3H3,(H,27,30). The van der Waals surface area contributed by atoms with E-state index in [4.69, 9.17) is 4.74 Å². The molecule has 33 heavy (non-hydrogen) atoms. The summed E-state index contributed by atoms with van der Waals surface area (Å²) in [6, 6.07) is 16.0. The highest BCUT2D eigenvalue weighted by Gasteiger charge is 2.33. The van der Waals surface area contributed by atoms with Gasteiger partial charge >= 0.3 is 0 Å². The first-order valence-electron chi connectivity index (χ1n) is 11.3. The van der Waals surface area contributed by atoms with E-state index in [0.717, 1.165) is 29.7 Å². The molecule has 7 heteroatoms. The number of para-hydroxylation sites is 1. The molecule has 0 aliphatic carbocycles. The molecule has 172 valence electrons. The summed E-state index contributed by atoms with van der Waals surface area (Å²) in [7, 11) is 1.84. The molecule has 3 aromatic rings. The number of thioether (sulfide) groups is 1. The topological polar surface area (TPSA) is 73.2 Å². The third kappa shape index (κ3) is 5.14. The van der Waals surface area contributed by atoms with Crippen molar-refractivity contribution in [1.82, 2.24) is 9.55 Å². The Bertz CT molecular complexity index is 1200. The number of aromatic nitrogens is 2. The normalized spacial score (nSPS) is 15.1. The molecule has 0 saturated carbocycles. The van der Waals surface area contributed by atoms with E-state index < -0.39 is 5.92 Å². The lowest BCUT2D eigenvalue weighted by Gasteiger charge is -2.28. The molecule has 2 heterocycles. The van der Waals surface area contributed by atoms with E-state index >= 15 is 0 Å². The average molecular weight is 464 g/mol. The highest BCUT2D eigenvalue weighted by molar-refractivity contribution is 7.98. The number of rotatable bonds is 8. The minimum atomic E-state index is -0.395. The number of anilines is 1. The number of ether oxygens (including phenoxy) is 1. The number of hydrogen-bond acceptors (Lipinski definition) is 5. The predicted molar refractivity (Wildman–Crippen MR) is 132 cm³/mol. The molecule has 0 radical (unpaired) electrons. The van der Waals surface area contributed by atoms with Crippen LogP contribution in [0.5, 0.6) is 5.75 Å². The van der Waals surface area contributed by atoms with Gasteiger partial charge in [-0.1, -0.05) is 73.1 Å². The Kier molecular flexibility index (Phi) is 7.18. The quantitative estimate of drug-likeness (QED) is 0.288. The minimum Gasteiger partial charge on any atom is -0.493 e. The molecule has 2 aromatic carbocycles. The van der Waals surface area contributed by atoms with Gasteiger partial charge in [-0.2, -0.15) is 4.98 Å². The Morgan fingerprint density at radius 2 is 1.91 bits per heavy atom. The smallest absolute Gasteiger partial charge is 0.279 e. The van der Waals surface area contributed by atoms with Gasteiger partial charge in [-0.05, 0) is 25.0 Å². The van der Waals surface area contributed by atoms with Gasteiger partial charge in [-0.25, -0.2) is 0 Å². The fraction of sp³-hybridized carbons (Fsp3) is 0.346. The van der Waals surface area contributed by atoms with Gasteiger partial charge in [0, 0.05) is 30.7 Å². The van der Waals surface area contributed by atoms with Crippen molar-refractivity contribution < 1.29 is 9.53 Å². The molecule has 0 spiro atoms. The minimum absolute atomic E-state index is 0.119. The Labute approximate surface area is 198 Å². The lowest BCUT2D eigenvalue weighted by atomic mass is 9.86. The summed E-state index contributed by atoms with van der Waals surface area (Å²) in [4.78, 5) is 30.3. The molecule has 1 aromatic heterocycles. The van der Waals surface area contributed by atoms with Crippen LogP contribution in [0.1, 0.15) is 54.4 Å². The van der Waals surface area contributed by atoms with E-state index in [1.54, 1.807) is 0 Å². The van der Waals surface area contributed by atoms with Crippen molar-refractivity contribution in [2.75, 3.05) is 11.9 Å². The molecule has 6 nitrogen and oxygen atoms in total. The summed E-state index contributed by atoms with van der Waals surface area (Å²) in [6.45, 7) is 4.77. The highest BCUT2D eigenvalue weighted by atomic mass is 32.2. The highest BCUT2D eigenvalue weighted by Crippen LogP contribution is 2.39. The molecular formula is C26H29N3O3S. The molecule has 1 unspecified atom stereocenters. The van der Waals surface area contributed by atoms with Crippen molar-refractivity contribution in [2.24, 2.45) is 7.05 Å². The summed E-state index contributed by atoms with van der Waals surface area (Å²) >= 11 is 1.48. The SMILES string of the molecule is CCCCOc1ccccc1C1CC(=O)Nc2c1c(=O)nc(SCc1ccc(C)cc1)n2C. The van der Waals surface area contributed by atoms with Crippen molar-refractivity contribution in [3.8, 4) is 5.75 Å². The van der Waals surface area contributed by atoms with Gasteiger partial charge in [-0.3, -0.25) is 9.59 Å². The van der Waals surface area contributed by atoms with Crippen LogP contribution in [0.2, 0.25) is 0 Å². The van der Waals surface area contributed by atoms with E-state index in [2.05, 4.69) is 48.4 Å². The van der Waals surface area contributed by atoms with E-state index in [1.165, 1.54) is 17.3 Å². The maximum Gasteiger partial charge on any atom is 0.279 e. The maximum atomic E-state index is 13.2. The molecule has 0 saturated heterocycles. The molecule has 1 N–H and O–H groups in total. The Hall–Kier alpha value is -3.06. The first-order valence-corrected chi connectivity index (χ1v) is 12.3. The Morgan fingerprint density at radius 1 is 1.15 bits per heavy atom. The van der Waals surface area contributed by atoms with Gasteiger partial charge in [0.2, 0.25) is 5.91 Å². The van der Waals surface area contributed by atoms with Crippen LogP contribution in [0.25, 0.3) is 0 Å². The fourth-order valence-corrected chi connectivity index (χ4v) is 4.91. The van der Waals surface area contributed by atoms with E-state index in [-0.39, 0.29) is 17.9 Å². The van der Waals surface area contributed by atoms with Crippen molar-refractivity contribution in [1.29, 1.82) is 0 Å². The molecule has 0 bridgehead atoms. The number of hydrogen-bond donors (Lipinski definition) is 1. The summed E-state index contributed by atoms with van der Waals surface area (Å²) in [5, 5.41) is 3.49. The number of benzene rings is 2. The number of carbonyl (C=O) groups excluding carboxylic acids is 1. The van der Waals surface area contributed by atoms with E-state index in [0.29, 0.717) is 28.9 Å². The zero-order chi connectivity index (χ0) is 23.4. The lowest BCUT2D eigenvalue weighted by Crippen LogP contribution is -2.33. The maximum absolute atomic E-state index is 13.2. The molecular weight excluding hydrogens is 434 g/mol. The van der Waals surface area contributed by atoms with Gasteiger partial charge in [0.15, 0.2) is 5.16 Å². The first-order chi connectivity index (χ1) is 16.0. The van der Waals surface area contributed by atoms with Crippen LogP contribution in [-0.4, -0.2) is 22.1 Å². The fourth-order valence-electron chi connectivity index (χ4n) is 3.99. The average Bonchev–Trinajstić information content (AvgIpc) is 2.81. The van der Waals surface area contributed by atoms with Crippen molar-refractivity contribution in [3.63, 3.8) is 0 Å². The second kappa shape index (κ2) is 10.3. The molecule has 1 aliphatic rings. The van der Waals surface area contributed by atoms with Gasteiger partial charge in [-0.15, -0.1) is 0 Å². The third-order valence-corrected chi connectivity index (χ3v) is 6.94. The van der Waals surface area contributed by atoms with Crippen molar-refractivity contribution in [2.45, 2.75) is 49.9 Å². The van der Waals surface area contributed by atoms with Crippen LogP contribution in [0.4, 0.5) is 5.82 Å². The Balaban J connectivity index is 1.68. The van der Waals surface area contributed by atoms with E-state index in [9.17, 15) is 9.59 Å². The van der Waals surface area contributed by atoms with Crippen LogP contribution < -0.4 is 15.6 Å². The lowest BCUT2D eigenvalue weighted by molar-refractivity contribution is -0.116. The first kappa shape index (κ1) is 23.1. The summed E-state index contributed by atoms with van der Waals surface area (Å²) in [5.41, 5.74) is 3.42. The molecule has 1 aliphatic heterocycles.